The molecule has 0 unspecified atom stereocenters. The number of ether oxygens (including phenoxy) is 1. The summed E-state index contributed by atoms with van der Waals surface area (Å²) < 4.78 is 5.84. The summed E-state index contributed by atoms with van der Waals surface area (Å²) in [5, 5.41) is 0. The molecule has 1 aromatic rings. The number of benzene rings is 1. The van der Waals surface area contributed by atoms with Crippen molar-refractivity contribution >= 4 is 34.3 Å². The van der Waals surface area contributed by atoms with Gasteiger partial charge in [0.25, 0.3) is 0 Å². The number of nitrogens with two attached hydrogens (primary N) is 1. The zero-order valence-corrected chi connectivity index (χ0v) is 11.4. The van der Waals surface area contributed by atoms with Crippen LogP contribution in [0.4, 0.5) is 0 Å². The van der Waals surface area contributed by atoms with Gasteiger partial charge in [-0.2, -0.15) is 0 Å². The van der Waals surface area contributed by atoms with Crippen LogP contribution in [0.25, 0.3) is 0 Å². The highest BCUT2D eigenvalue weighted by Gasteiger charge is 2.14. The van der Waals surface area contributed by atoms with Crippen molar-refractivity contribution in [3.05, 3.63) is 34.3 Å². The fourth-order valence-electron chi connectivity index (χ4n) is 1.21. The largest absolute Gasteiger partial charge is 0.465 e. The molecular formula is C11H15BrClNO2. The minimum absolute atomic E-state index is 0. The Bertz CT molecular complexity index is 329. The van der Waals surface area contributed by atoms with Crippen molar-refractivity contribution in [3.63, 3.8) is 0 Å². The van der Waals surface area contributed by atoms with E-state index in [1.54, 1.807) is 6.92 Å². The van der Waals surface area contributed by atoms with Crippen LogP contribution in [0, 0.1) is 0 Å². The SMILES string of the molecule is CCOC(=O)[C@H](N)Cc1ccc(Br)cc1.Cl. The smallest absolute Gasteiger partial charge is 0.323 e. The van der Waals surface area contributed by atoms with Gasteiger partial charge in [-0.15, -0.1) is 12.4 Å². The van der Waals surface area contributed by atoms with Crippen molar-refractivity contribution in [1.82, 2.24) is 0 Å². The first-order valence-electron chi connectivity index (χ1n) is 4.80. The predicted molar refractivity (Wildman–Crippen MR) is 69.7 cm³/mol. The van der Waals surface area contributed by atoms with Crippen LogP contribution >= 0.6 is 28.3 Å². The first kappa shape index (κ1) is 15.4. The Hall–Kier alpha value is -0.580. The van der Waals surface area contributed by atoms with Gasteiger partial charge >= 0.3 is 5.97 Å². The Morgan fingerprint density at radius 3 is 2.50 bits per heavy atom. The molecule has 0 fully saturated rings. The lowest BCUT2D eigenvalue weighted by atomic mass is 10.1. The van der Waals surface area contributed by atoms with Gasteiger partial charge in [-0.1, -0.05) is 28.1 Å². The molecule has 0 aliphatic heterocycles. The third-order valence-electron chi connectivity index (χ3n) is 1.96. The standard InChI is InChI=1S/C11H14BrNO2.ClH/c1-2-15-11(14)10(13)7-8-3-5-9(12)6-4-8;/h3-6,10H,2,7,13H2,1H3;1H/t10-;/m1./s1. The molecular weight excluding hydrogens is 293 g/mol. The number of carbonyl (C=O) groups is 1. The molecule has 0 radical (unpaired) electrons. The third kappa shape index (κ3) is 4.96. The summed E-state index contributed by atoms with van der Waals surface area (Å²) in [5.41, 5.74) is 6.71. The van der Waals surface area contributed by atoms with Gasteiger partial charge < -0.3 is 10.5 Å². The Morgan fingerprint density at radius 1 is 1.44 bits per heavy atom. The van der Waals surface area contributed by atoms with Gasteiger partial charge in [-0.05, 0) is 31.0 Å². The summed E-state index contributed by atoms with van der Waals surface area (Å²) in [5.74, 6) is -0.347. The fraction of sp³-hybridized carbons (Fsp3) is 0.364. The molecule has 0 saturated carbocycles. The van der Waals surface area contributed by atoms with E-state index >= 15 is 0 Å². The lowest BCUT2D eigenvalue weighted by Crippen LogP contribution is -2.34. The highest BCUT2D eigenvalue weighted by molar-refractivity contribution is 9.10. The molecule has 90 valence electrons. The molecule has 0 aromatic heterocycles. The summed E-state index contributed by atoms with van der Waals surface area (Å²) in [6, 6.07) is 7.14. The zero-order chi connectivity index (χ0) is 11.3. The number of rotatable bonds is 4. The molecule has 0 spiro atoms. The second-order valence-corrected chi connectivity index (χ2v) is 4.10. The first-order chi connectivity index (χ1) is 7.13. The Kier molecular flexibility index (Phi) is 7.38. The minimum atomic E-state index is -0.578. The molecule has 0 saturated heterocycles. The summed E-state index contributed by atoms with van der Waals surface area (Å²) in [7, 11) is 0. The Labute approximate surface area is 110 Å². The summed E-state index contributed by atoms with van der Waals surface area (Å²) >= 11 is 3.34. The van der Waals surface area contributed by atoms with E-state index < -0.39 is 6.04 Å². The molecule has 16 heavy (non-hydrogen) atoms. The van der Waals surface area contributed by atoms with E-state index in [0.29, 0.717) is 13.0 Å². The highest BCUT2D eigenvalue weighted by Crippen LogP contribution is 2.11. The second-order valence-electron chi connectivity index (χ2n) is 3.19. The monoisotopic (exact) mass is 307 g/mol. The average Bonchev–Trinajstić information content (AvgIpc) is 2.22. The average molecular weight is 309 g/mol. The summed E-state index contributed by atoms with van der Waals surface area (Å²) in [6.07, 6.45) is 0.506. The van der Waals surface area contributed by atoms with Crippen LogP contribution in [0.3, 0.4) is 0 Å². The van der Waals surface area contributed by atoms with E-state index in [0.717, 1.165) is 10.0 Å². The second kappa shape index (κ2) is 7.65. The van der Waals surface area contributed by atoms with Crippen LogP contribution in [0.1, 0.15) is 12.5 Å². The van der Waals surface area contributed by atoms with Crippen molar-refractivity contribution in [1.29, 1.82) is 0 Å². The zero-order valence-electron chi connectivity index (χ0n) is 8.98. The molecule has 1 aromatic carbocycles. The fourth-order valence-corrected chi connectivity index (χ4v) is 1.47. The summed E-state index contributed by atoms with van der Waals surface area (Å²) in [6.45, 7) is 2.14. The number of hydrogen-bond donors (Lipinski definition) is 1. The normalized spacial score (nSPS) is 11.4. The van der Waals surface area contributed by atoms with Crippen molar-refractivity contribution < 1.29 is 9.53 Å². The first-order valence-corrected chi connectivity index (χ1v) is 5.59. The number of esters is 1. The van der Waals surface area contributed by atoms with Crippen LogP contribution in [0.5, 0.6) is 0 Å². The van der Waals surface area contributed by atoms with Gasteiger partial charge in [0.15, 0.2) is 0 Å². The van der Waals surface area contributed by atoms with Crippen LogP contribution in [0.15, 0.2) is 28.7 Å². The topological polar surface area (TPSA) is 52.3 Å². The van der Waals surface area contributed by atoms with E-state index in [1.165, 1.54) is 0 Å². The van der Waals surface area contributed by atoms with Crippen molar-refractivity contribution in [3.8, 4) is 0 Å². The number of hydrogen-bond acceptors (Lipinski definition) is 3. The lowest BCUT2D eigenvalue weighted by Gasteiger charge is -2.10. The van der Waals surface area contributed by atoms with E-state index in [-0.39, 0.29) is 18.4 Å². The minimum Gasteiger partial charge on any atom is -0.465 e. The van der Waals surface area contributed by atoms with Crippen molar-refractivity contribution in [2.45, 2.75) is 19.4 Å². The maximum Gasteiger partial charge on any atom is 0.323 e. The molecule has 0 heterocycles. The molecule has 0 aliphatic carbocycles. The van der Waals surface area contributed by atoms with Crippen LogP contribution in [0.2, 0.25) is 0 Å². The number of carbonyl (C=O) groups excluding carboxylic acids is 1. The predicted octanol–water partition coefficient (Wildman–Crippen LogP) is 2.30. The molecule has 1 rings (SSSR count). The molecule has 3 nitrogen and oxygen atoms in total. The van der Waals surface area contributed by atoms with Gasteiger partial charge in [0, 0.05) is 4.47 Å². The van der Waals surface area contributed by atoms with Crippen LogP contribution in [-0.4, -0.2) is 18.6 Å². The maximum absolute atomic E-state index is 11.3. The van der Waals surface area contributed by atoms with Crippen molar-refractivity contribution in [2.24, 2.45) is 5.73 Å². The van der Waals surface area contributed by atoms with E-state index in [4.69, 9.17) is 10.5 Å². The van der Waals surface area contributed by atoms with E-state index in [1.807, 2.05) is 24.3 Å². The maximum atomic E-state index is 11.3. The molecule has 0 amide bonds. The van der Waals surface area contributed by atoms with Gasteiger partial charge in [-0.25, -0.2) is 0 Å². The van der Waals surface area contributed by atoms with E-state index in [9.17, 15) is 4.79 Å². The Balaban J connectivity index is 0.00000225. The van der Waals surface area contributed by atoms with Crippen LogP contribution < -0.4 is 5.73 Å². The quantitative estimate of drug-likeness (QED) is 0.868. The van der Waals surface area contributed by atoms with Crippen molar-refractivity contribution in [2.75, 3.05) is 6.61 Å². The van der Waals surface area contributed by atoms with E-state index in [2.05, 4.69) is 15.9 Å². The molecule has 1 atom stereocenters. The number of halogens is 2. The third-order valence-corrected chi connectivity index (χ3v) is 2.49. The molecule has 0 aliphatic rings. The molecule has 5 heteroatoms. The van der Waals surface area contributed by atoms with Gasteiger partial charge in [0.2, 0.25) is 0 Å². The Morgan fingerprint density at radius 2 is 2.00 bits per heavy atom. The van der Waals surface area contributed by atoms with Crippen LogP contribution in [-0.2, 0) is 16.0 Å². The van der Waals surface area contributed by atoms with Gasteiger partial charge in [0.05, 0.1) is 6.61 Å². The highest BCUT2D eigenvalue weighted by atomic mass is 79.9. The van der Waals surface area contributed by atoms with Gasteiger partial charge in [0.1, 0.15) is 6.04 Å². The van der Waals surface area contributed by atoms with Gasteiger partial charge in [-0.3, -0.25) is 4.79 Å². The molecule has 0 bridgehead atoms. The lowest BCUT2D eigenvalue weighted by molar-refractivity contribution is -0.144. The molecule has 2 N–H and O–H groups in total. The summed E-state index contributed by atoms with van der Waals surface area (Å²) in [4.78, 5) is 11.3.